The lowest BCUT2D eigenvalue weighted by Gasteiger charge is -2.28. The second kappa shape index (κ2) is 5.38. The second-order valence-electron chi connectivity index (χ2n) is 4.53. The number of ether oxygens (including phenoxy) is 1. The zero-order valence-electron chi connectivity index (χ0n) is 10.3. The highest BCUT2D eigenvalue weighted by Crippen LogP contribution is 2.36. The summed E-state index contributed by atoms with van der Waals surface area (Å²) in [5, 5.41) is 0. The van der Waals surface area contributed by atoms with Crippen LogP contribution in [-0.2, 0) is 0 Å². The van der Waals surface area contributed by atoms with Crippen molar-refractivity contribution >= 4 is 15.9 Å². The quantitative estimate of drug-likeness (QED) is 0.908. The molecule has 0 aliphatic heterocycles. The summed E-state index contributed by atoms with van der Waals surface area (Å²) >= 11 is 3.51. The fraction of sp³-hybridized carbons (Fsp3) is 0.538. The third-order valence-corrected chi connectivity index (χ3v) is 3.88. The Hall–Kier alpha value is -0.580. The van der Waals surface area contributed by atoms with Gasteiger partial charge in [-0.05, 0) is 38.1 Å². The summed E-state index contributed by atoms with van der Waals surface area (Å²) in [6.45, 7) is 0.611. The zero-order valence-corrected chi connectivity index (χ0v) is 11.9. The molecule has 1 saturated carbocycles. The van der Waals surface area contributed by atoms with E-state index < -0.39 is 0 Å². The van der Waals surface area contributed by atoms with Gasteiger partial charge in [-0.2, -0.15) is 0 Å². The van der Waals surface area contributed by atoms with Gasteiger partial charge in [0.15, 0.2) is 0 Å². The largest absolute Gasteiger partial charge is 0.496 e. The van der Waals surface area contributed by atoms with Crippen LogP contribution in [0.15, 0.2) is 22.7 Å². The van der Waals surface area contributed by atoms with Crippen LogP contribution < -0.4 is 10.5 Å². The van der Waals surface area contributed by atoms with E-state index in [1.165, 1.54) is 18.4 Å². The standard InChI is InChI=1S/C13H19BrN2O/c1-16(10-4-5-10)12(8-15)11-7-9(14)3-6-13(11)17-2/h3,6-7,10,12H,4-5,8,15H2,1-2H3. The third-order valence-electron chi connectivity index (χ3n) is 3.39. The number of hydrogen-bond donors (Lipinski definition) is 1. The van der Waals surface area contributed by atoms with Crippen molar-refractivity contribution in [2.24, 2.45) is 5.73 Å². The average Bonchev–Trinajstić information content (AvgIpc) is 3.14. The van der Waals surface area contributed by atoms with E-state index in [0.717, 1.165) is 10.2 Å². The van der Waals surface area contributed by atoms with Crippen molar-refractivity contribution < 1.29 is 4.74 Å². The Morgan fingerprint density at radius 2 is 2.24 bits per heavy atom. The van der Waals surface area contributed by atoms with Gasteiger partial charge < -0.3 is 10.5 Å². The lowest BCUT2D eigenvalue weighted by Crippen LogP contribution is -2.32. The van der Waals surface area contributed by atoms with Crippen LogP contribution in [0.2, 0.25) is 0 Å². The molecule has 0 spiro atoms. The molecule has 0 heterocycles. The summed E-state index contributed by atoms with van der Waals surface area (Å²) in [4.78, 5) is 2.37. The number of rotatable bonds is 5. The van der Waals surface area contributed by atoms with Gasteiger partial charge in [-0.3, -0.25) is 4.90 Å². The molecule has 0 radical (unpaired) electrons. The van der Waals surface area contributed by atoms with Crippen molar-refractivity contribution in [2.75, 3.05) is 20.7 Å². The summed E-state index contributed by atoms with van der Waals surface area (Å²) in [6, 6.07) is 7.01. The van der Waals surface area contributed by atoms with Gasteiger partial charge in [0.05, 0.1) is 13.2 Å². The van der Waals surface area contributed by atoms with Gasteiger partial charge >= 0.3 is 0 Å². The number of halogens is 1. The molecule has 1 fully saturated rings. The predicted octanol–water partition coefficient (Wildman–Crippen LogP) is 2.55. The number of hydrogen-bond acceptors (Lipinski definition) is 3. The van der Waals surface area contributed by atoms with Crippen LogP contribution in [0.5, 0.6) is 5.75 Å². The van der Waals surface area contributed by atoms with Crippen molar-refractivity contribution in [1.82, 2.24) is 4.90 Å². The number of likely N-dealkylation sites (N-methyl/N-ethyl adjacent to an activating group) is 1. The minimum absolute atomic E-state index is 0.231. The van der Waals surface area contributed by atoms with E-state index in [2.05, 4.69) is 33.9 Å². The summed E-state index contributed by atoms with van der Waals surface area (Å²) in [5.41, 5.74) is 7.10. The van der Waals surface area contributed by atoms with Gasteiger partial charge in [0.2, 0.25) is 0 Å². The summed E-state index contributed by atoms with van der Waals surface area (Å²) < 4.78 is 6.50. The Labute approximate surface area is 111 Å². The van der Waals surface area contributed by atoms with Gasteiger partial charge in [0, 0.05) is 22.6 Å². The fourth-order valence-corrected chi connectivity index (χ4v) is 2.59. The number of methoxy groups -OCH3 is 1. The molecule has 1 aliphatic carbocycles. The fourth-order valence-electron chi connectivity index (χ4n) is 2.21. The lowest BCUT2D eigenvalue weighted by molar-refractivity contribution is 0.234. The number of benzene rings is 1. The predicted molar refractivity (Wildman–Crippen MR) is 73.3 cm³/mol. The maximum atomic E-state index is 5.93. The number of nitrogens with zero attached hydrogens (tertiary/aromatic N) is 1. The van der Waals surface area contributed by atoms with Crippen molar-refractivity contribution in [2.45, 2.75) is 24.9 Å². The van der Waals surface area contributed by atoms with E-state index in [1.807, 2.05) is 12.1 Å². The molecule has 3 nitrogen and oxygen atoms in total. The molecule has 1 aromatic carbocycles. The van der Waals surface area contributed by atoms with Gasteiger partial charge in [-0.15, -0.1) is 0 Å². The SMILES string of the molecule is COc1ccc(Br)cc1C(CN)N(C)C1CC1. The zero-order chi connectivity index (χ0) is 12.4. The molecule has 0 saturated heterocycles. The van der Waals surface area contributed by atoms with Gasteiger partial charge in [0.25, 0.3) is 0 Å². The van der Waals surface area contributed by atoms with Crippen molar-refractivity contribution in [3.05, 3.63) is 28.2 Å². The smallest absolute Gasteiger partial charge is 0.123 e. The van der Waals surface area contributed by atoms with Crippen molar-refractivity contribution in [1.29, 1.82) is 0 Å². The van der Waals surface area contributed by atoms with E-state index in [-0.39, 0.29) is 6.04 Å². The van der Waals surface area contributed by atoms with E-state index >= 15 is 0 Å². The van der Waals surface area contributed by atoms with Gasteiger partial charge in [-0.1, -0.05) is 15.9 Å². The molecule has 0 amide bonds. The van der Waals surface area contributed by atoms with E-state index in [9.17, 15) is 0 Å². The van der Waals surface area contributed by atoms with Crippen LogP contribution in [0.3, 0.4) is 0 Å². The van der Waals surface area contributed by atoms with Crippen LogP contribution >= 0.6 is 15.9 Å². The molecule has 1 atom stereocenters. The minimum Gasteiger partial charge on any atom is -0.496 e. The molecule has 1 unspecified atom stereocenters. The first kappa shape index (κ1) is 12.9. The summed E-state index contributed by atoms with van der Waals surface area (Å²) in [5.74, 6) is 0.913. The molecule has 94 valence electrons. The van der Waals surface area contributed by atoms with Gasteiger partial charge in [-0.25, -0.2) is 0 Å². The van der Waals surface area contributed by atoms with Crippen LogP contribution in [-0.4, -0.2) is 31.6 Å². The van der Waals surface area contributed by atoms with Crippen LogP contribution in [0.1, 0.15) is 24.4 Å². The average molecular weight is 299 g/mol. The molecule has 17 heavy (non-hydrogen) atoms. The normalized spacial score (nSPS) is 17.2. The topological polar surface area (TPSA) is 38.5 Å². The Morgan fingerprint density at radius 3 is 2.76 bits per heavy atom. The maximum absolute atomic E-state index is 5.93. The van der Waals surface area contributed by atoms with E-state index in [1.54, 1.807) is 7.11 Å². The first-order chi connectivity index (χ1) is 8.17. The first-order valence-corrected chi connectivity index (χ1v) is 6.72. The maximum Gasteiger partial charge on any atom is 0.123 e. The molecule has 0 bridgehead atoms. The van der Waals surface area contributed by atoms with E-state index in [0.29, 0.717) is 12.6 Å². The molecule has 0 aromatic heterocycles. The minimum atomic E-state index is 0.231. The Morgan fingerprint density at radius 1 is 1.53 bits per heavy atom. The molecule has 1 aromatic rings. The highest BCUT2D eigenvalue weighted by Gasteiger charge is 2.32. The van der Waals surface area contributed by atoms with Crippen LogP contribution in [0.25, 0.3) is 0 Å². The summed E-state index contributed by atoms with van der Waals surface area (Å²) in [7, 11) is 3.85. The lowest BCUT2D eigenvalue weighted by atomic mass is 10.0. The highest BCUT2D eigenvalue weighted by atomic mass is 79.9. The van der Waals surface area contributed by atoms with Crippen LogP contribution in [0, 0.1) is 0 Å². The Kier molecular flexibility index (Phi) is 4.07. The van der Waals surface area contributed by atoms with Crippen molar-refractivity contribution in [3.8, 4) is 5.75 Å². The molecule has 4 heteroatoms. The van der Waals surface area contributed by atoms with E-state index in [4.69, 9.17) is 10.5 Å². The van der Waals surface area contributed by atoms with Crippen molar-refractivity contribution in [3.63, 3.8) is 0 Å². The number of nitrogens with two attached hydrogens (primary N) is 1. The van der Waals surface area contributed by atoms with Gasteiger partial charge in [0.1, 0.15) is 5.75 Å². The molecule has 2 N–H and O–H groups in total. The molecule has 2 rings (SSSR count). The Balaban J connectivity index is 2.30. The summed E-state index contributed by atoms with van der Waals surface area (Å²) in [6.07, 6.45) is 2.56. The van der Waals surface area contributed by atoms with Crippen LogP contribution in [0.4, 0.5) is 0 Å². The monoisotopic (exact) mass is 298 g/mol. The molecular weight excluding hydrogens is 280 g/mol. The highest BCUT2D eigenvalue weighted by molar-refractivity contribution is 9.10. The molecular formula is C13H19BrN2O. The molecule has 1 aliphatic rings. The third kappa shape index (κ3) is 2.81. The Bertz CT molecular complexity index is 393. The second-order valence-corrected chi connectivity index (χ2v) is 5.45. The first-order valence-electron chi connectivity index (χ1n) is 5.92.